The van der Waals surface area contributed by atoms with Crippen LogP contribution >= 0.6 is 15.9 Å². The number of pyridine rings is 1. The lowest BCUT2D eigenvalue weighted by molar-refractivity contribution is 0.0907. The number of nitrogens with one attached hydrogen (secondary N) is 1. The number of rotatable bonds is 3. The second-order valence-corrected chi connectivity index (χ2v) is 6.32. The molecule has 0 aliphatic heterocycles. The molecule has 110 valence electrons. The van der Waals surface area contributed by atoms with E-state index in [2.05, 4.69) is 26.2 Å². The molecule has 3 rings (SSSR count). The molecule has 1 aromatic heterocycles. The molecule has 1 aliphatic rings. The molecule has 21 heavy (non-hydrogen) atoms. The predicted molar refractivity (Wildman–Crippen MR) is 88.7 cm³/mol. The van der Waals surface area contributed by atoms with Crippen molar-refractivity contribution in [2.45, 2.75) is 31.7 Å². The zero-order chi connectivity index (χ0) is 14.7. The Morgan fingerprint density at radius 1 is 1.19 bits per heavy atom. The number of fused-ring (bicyclic) bond motifs is 1. The zero-order valence-corrected chi connectivity index (χ0v) is 13.5. The summed E-state index contributed by atoms with van der Waals surface area (Å²) in [6.45, 7) is 0. The van der Waals surface area contributed by atoms with Gasteiger partial charge in [0.25, 0.3) is 5.91 Å². The number of halogens is 1. The Balaban J connectivity index is 1.76. The van der Waals surface area contributed by atoms with Gasteiger partial charge in [-0.05, 0) is 30.9 Å². The highest BCUT2D eigenvalue weighted by atomic mass is 79.9. The summed E-state index contributed by atoms with van der Waals surface area (Å²) in [4.78, 5) is 16.9. The fourth-order valence-corrected chi connectivity index (χ4v) is 3.79. The number of aromatic nitrogens is 1. The molecule has 1 saturated carbocycles. The first-order valence-electron chi connectivity index (χ1n) is 7.50. The van der Waals surface area contributed by atoms with Crippen LogP contribution in [-0.2, 0) is 0 Å². The summed E-state index contributed by atoms with van der Waals surface area (Å²) < 4.78 is 0. The average molecular weight is 347 g/mol. The van der Waals surface area contributed by atoms with Gasteiger partial charge in [-0.1, -0.05) is 53.0 Å². The monoisotopic (exact) mass is 346 g/mol. The Morgan fingerprint density at radius 2 is 2.00 bits per heavy atom. The lowest BCUT2D eigenvalue weighted by Crippen LogP contribution is -2.43. The smallest absolute Gasteiger partial charge is 0.270 e. The van der Waals surface area contributed by atoms with Crippen molar-refractivity contribution in [1.82, 2.24) is 10.3 Å². The third kappa shape index (κ3) is 3.26. The Labute approximate surface area is 133 Å². The molecule has 0 spiro atoms. The van der Waals surface area contributed by atoms with Crippen LogP contribution < -0.4 is 5.32 Å². The SMILES string of the molecule is O=C(NC1CCCCC1CBr)c1ccc2ccccc2n1. The maximum absolute atomic E-state index is 12.4. The Bertz CT molecular complexity index is 643. The van der Waals surface area contributed by atoms with Crippen molar-refractivity contribution in [2.75, 3.05) is 5.33 Å². The third-order valence-corrected chi connectivity index (χ3v) is 5.09. The van der Waals surface area contributed by atoms with E-state index in [1.54, 1.807) is 0 Å². The van der Waals surface area contributed by atoms with E-state index in [4.69, 9.17) is 0 Å². The summed E-state index contributed by atoms with van der Waals surface area (Å²) in [5, 5.41) is 5.18. The highest BCUT2D eigenvalue weighted by Crippen LogP contribution is 2.26. The molecule has 4 heteroatoms. The number of para-hydroxylation sites is 1. The van der Waals surface area contributed by atoms with Crippen LogP contribution in [0.5, 0.6) is 0 Å². The van der Waals surface area contributed by atoms with Gasteiger partial charge in [0, 0.05) is 16.8 Å². The second-order valence-electron chi connectivity index (χ2n) is 5.67. The van der Waals surface area contributed by atoms with Crippen molar-refractivity contribution in [3.63, 3.8) is 0 Å². The molecule has 3 nitrogen and oxygen atoms in total. The predicted octanol–water partition coefficient (Wildman–Crippen LogP) is 3.92. The summed E-state index contributed by atoms with van der Waals surface area (Å²) in [7, 11) is 0. The molecule has 2 atom stereocenters. The molecule has 1 amide bonds. The molecule has 0 bridgehead atoms. The largest absolute Gasteiger partial charge is 0.348 e. The van der Waals surface area contributed by atoms with Crippen LogP contribution in [0.25, 0.3) is 10.9 Å². The number of nitrogens with zero attached hydrogens (tertiary/aromatic N) is 1. The second kappa shape index (κ2) is 6.56. The topological polar surface area (TPSA) is 42.0 Å². The van der Waals surface area contributed by atoms with Crippen LogP contribution in [0.4, 0.5) is 0 Å². The number of hydrogen-bond donors (Lipinski definition) is 1. The van der Waals surface area contributed by atoms with Crippen molar-refractivity contribution in [3.05, 3.63) is 42.1 Å². The van der Waals surface area contributed by atoms with Gasteiger partial charge >= 0.3 is 0 Å². The van der Waals surface area contributed by atoms with E-state index in [-0.39, 0.29) is 11.9 Å². The molecule has 0 radical (unpaired) electrons. The Kier molecular flexibility index (Phi) is 4.54. The number of carbonyl (C=O) groups excluding carboxylic acids is 1. The first-order chi connectivity index (χ1) is 10.3. The van der Waals surface area contributed by atoms with Crippen molar-refractivity contribution in [2.24, 2.45) is 5.92 Å². The van der Waals surface area contributed by atoms with E-state index in [1.165, 1.54) is 19.3 Å². The first kappa shape index (κ1) is 14.5. The van der Waals surface area contributed by atoms with E-state index in [0.717, 1.165) is 22.7 Å². The summed E-state index contributed by atoms with van der Waals surface area (Å²) in [6.07, 6.45) is 4.70. The zero-order valence-electron chi connectivity index (χ0n) is 11.9. The Hall–Kier alpha value is -1.42. The summed E-state index contributed by atoms with van der Waals surface area (Å²) in [6, 6.07) is 11.9. The molecule has 2 aromatic rings. The first-order valence-corrected chi connectivity index (χ1v) is 8.62. The van der Waals surface area contributed by atoms with E-state index >= 15 is 0 Å². The van der Waals surface area contributed by atoms with Gasteiger partial charge in [-0.2, -0.15) is 0 Å². The van der Waals surface area contributed by atoms with Crippen LogP contribution in [0.15, 0.2) is 36.4 Å². The van der Waals surface area contributed by atoms with E-state index in [9.17, 15) is 4.79 Å². The number of hydrogen-bond acceptors (Lipinski definition) is 2. The quantitative estimate of drug-likeness (QED) is 0.855. The maximum Gasteiger partial charge on any atom is 0.270 e. The highest BCUT2D eigenvalue weighted by Gasteiger charge is 2.26. The number of amides is 1. The van der Waals surface area contributed by atoms with Gasteiger partial charge in [-0.15, -0.1) is 0 Å². The van der Waals surface area contributed by atoms with E-state index in [0.29, 0.717) is 11.6 Å². The van der Waals surface area contributed by atoms with Gasteiger partial charge in [0.15, 0.2) is 0 Å². The van der Waals surface area contributed by atoms with Crippen LogP contribution in [0.3, 0.4) is 0 Å². The Morgan fingerprint density at radius 3 is 2.86 bits per heavy atom. The van der Waals surface area contributed by atoms with E-state index < -0.39 is 0 Å². The maximum atomic E-state index is 12.4. The molecule has 1 aromatic carbocycles. The van der Waals surface area contributed by atoms with Crippen molar-refractivity contribution in [1.29, 1.82) is 0 Å². The molecule has 1 heterocycles. The van der Waals surface area contributed by atoms with Crippen LogP contribution in [0.2, 0.25) is 0 Å². The fraction of sp³-hybridized carbons (Fsp3) is 0.412. The molecule has 1 N–H and O–H groups in total. The lowest BCUT2D eigenvalue weighted by atomic mass is 9.86. The molecule has 1 fully saturated rings. The van der Waals surface area contributed by atoms with Gasteiger partial charge < -0.3 is 5.32 Å². The van der Waals surface area contributed by atoms with E-state index in [1.807, 2.05) is 36.4 Å². The van der Waals surface area contributed by atoms with Gasteiger partial charge in [0.05, 0.1) is 5.52 Å². The average Bonchev–Trinajstić information content (AvgIpc) is 2.55. The molecule has 2 unspecified atom stereocenters. The molecule has 0 saturated heterocycles. The lowest BCUT2D eigenvalue weighted by Gasteiger charge is -2.30. The minimum atomic E-state index is -0.0568. The summed E-state index contributed by atoms with van der Waals surface area (Å²) in [5.41, 5.74) is 1.37. The standard InChI is InChI=1S/C17H19BrN2O/c18-11-13-6-2-4-8-15(13)20-17(21)16-10-9-12-5-1-3-7-14(12)19-16/h1,3,5,7,9-10,13,15H,2,4,6,8,11H2,(H,20,21). The molecular formula is C17H19BrN2O. The third-order valence-electron chi connectivity index (χ3n) is 4.25. The summed E-state index contributed by atoms with van der Waals surface area (Å²) >= 11 is 3.56. The van der Waals surface area contributed by atoms with Crippen LogP contribution in [0, 0.1) is 5.92 Å². The van der Waals surface area contributed by atoms with Crippen molar-refractivity contribution >= 4 is 32.7 Å². The van der Waals surface area contributed by atoms with Gasteiger partial charge in [-0.25, -0.2) is 4.98 Å². The van der Waals surface area contributed by atoms with Crippen molar-refractivity contribution < 1.29 is 4.79 Å². The van der Waals surface area contributed by atoms with Gasteiger partial charge in [0.1, 0.15) is 5.69 Å². The van der Waals surface area contributed by atoms with Crippen molar-refractivity contribution in [3.8, 4) is 0 Å². The van der Waals surface area contributed by atoms with Crippen LogP contribution in [0.1, 0.15) is 36.2 Å². The normalized spacial score (nSPS) is 22.1. The highest BCUT2D eigenvalue weighted by molar-refractivity contribution is 9.09. The fourth-order valence-electron chi connectivity index (χ4n) is 3.02. The summed E-state index contributed by atoms with van der Waals surface area (Å²) in [5.74, 6) is 0.474. The van der Waals surface area contributed by atoms with Crippen LogP contribution in [-0.4, -0.2) is 22.3 Å². The number of benzene rings is 1. The number of carbonyl (C=O) groups is 1. The molecule has 1 aliphatic carbocycles. The number of alkyl halides is 1. The van der Waals surface area contributed by atoms with Gasteiger partial charge in [0.2, 0.25) is 0 Å². The molecular weight excluding hydrogens is 328 g/mol. The van der Waals surface area contributed by atoms with Gasteiger partial charge in [-0.3, -0.25) is 4.79 Å². The minimum Gasteiger partial charge on any atom is -0.348 e. The minimum absolute atomic E-state index is 0.0568.